The van der Waals surface area contributed by atoms with Crippen LogP contribution in [0.4, 0.5) is 5.69 Å². The van der Waals surface area contributed by atoms with E-state index in [0.29, 0.717) is 22.3 Å². The number of halogens is 1. The van der Waals surface area contributed by atoms with Gasteiger partial charge < -0.3 is 11.1 Å². The highest BCUT2D eigenvalue weighted by atomic mass is 35.5. The number of carbonyl (C=O) groups is 1. The van der Waals surface area contributed by atoms with Gasteiger partial charge in [0.05, 0.1) is 10.7 Å². The van der Waals surface area contributed by atoms with Gasteiger partial charge in [0.1, 0.15) is 0 Å². The summed E-state index contributed by atoms with van der Waals surface area (Å²) in [5, 5.41) is 3.48. The zero-order chi connectivity index (χ0) is 12.3. The maximum atomic E-state index is 12.0. The van der Waals surface area contributed by atoms with Crippen LogP contribution in [0.1, 0.15) is 42.5 Å². The second-order valence-corrected chi connectivity index (χ2v) is 4.95. The number of nitrogens with one attached hydrogen (secondary N) is 1. The van der Waals surface area contributed by atoms with E-state index in [4.69, 9.17) is 17.3 Å². The van der Waals surface area contributed by atoms with E-state index in [1.165, 1.54) is 19.3 Å². The van der Waals surface area contributed by atoms with Crippen molar-refractivity contribution in [3.8, 4) is 0 Å². The lowest BCUT2D eigenvalue weighted by Crippen LogP contribution is -2.36. The Hall–Kier alpha value is -1.22. The maximum Gasteiger partial charge on any atom is 0.251 e. The smallest absolute Gasteiger partial charge is 0.251 e. The minimum atomic E-state index is -0.0567. The quantitative estimate of drug-likeness (QED) is 0.795. The van der Waals surface area contributed by atoms with E-state index in [2.05, 4.69) is 5.32 Å². The molecule has 0 aromatic heterocycles. The van der Waals surface area contributed by atoms with Crippen LogP contribution in [0.3, 0.4) is 0 Å². The molecule has 3 N–H and O–H groups in total. The summed E-state index contributed by atoms with van der Waals surface area (Å²) in [6.45, 7) is 0. The Morgan fingerprint density at radius 2 is 2.00 bits per heavy atom. The van der Waals surface area contributed by atoms with Gasteiger partial charge in [-0.15, -0.1) is 0 Å². The van der Waals surface area contributed by atoms with E-state index in [-0.39, 0.29) is 5.91 Å². The topological polar surface area (TPSA) is 55.1 Å². The molecule has 0 aliphatic heterocycles. The average molecular weight is 253 g/mol. The highest BCUT2D eigenvalue weighted by Gasteiger charge is 2.16. The lowest BCUT2D eigenvalue weighted by atomic mass is 9.95. The van der Waals surface area contributed by atoms with Gasteiger partial charge in [0.15, 0.2) is 0 Å². The number of amides is 1. The second-order valence-electron chi connectivity index (χ2n) is 4.54. The molecule has 17 heavy (non-hydrogen) atoms. The molecule has 1 amide bonds. The second kappa shape index (κ2) is 5.41. The molecule has 0 spiro atoms. The summed E-state index contributed by atoms with van der Waals surface area (Å²) in [6, 6.07) is 5.31. The van der Waals surface area contributed by atoms with Crippen LogP contribution in [0.5, 0.6) is 0 Å². The van der Waals surface area contributed by atoms with Gasteiger partial charge in [0.2, 0.25) is 0 Å². The van der Waals surface area contributed by atoms with Gasteiger partial charge >= 0.3 is 0 Å². The Morgan fingerprint density at radius 3 is 2.65 bits per heavy atom. The standard InChI is InChI=1S/C13H17ClN2O/c14-11-8-9(6-7-12(11)15)13(17)16-10-4-2-1-3-5-10/h6-8,10H,1-5,15H2,(H,16,17). The minimum Gasteiger partial charge on any atom is -0.398 e. The number of rotatable bonds is 2. The van der Waals surface area contributed by atoms with Crippen molar-refractivity contribution in [2.75, 3.05) is 5.73 Å². The fourth-order valence-electron chi connectivity index (χ4n) is 2.18. The number of nitrogen functional groups attached to an aromatic ring is 1. The van der Waals surface area contributed by atoms with Crippen LogP contribution in [0.25, 0.3) is 0 Å². The van der Waals surface area contributed by atoms with Crippen molar-refractivity contribution < 1.29 is 4.79 Å². The maximum absolute atomic E-state index is 12.0. The Balaban J connectivity index is 2.01. The Labute approximate surface area is 106 Å². The molecular weight excluding hydrogens is 236 g/mol. The van der Waals surface area contributed by atoms with Crippen molar-refractivity contribution >= 4 is 23.2 Å². The molecular formula is C13H17ClN2O. The summed E-state index contributed by atoms with van der Waals surface area (Å²) < 4.78 is 0. The largest absolute Gasteiger partial charge is 0.398 e. The predicted molar refractivity (Wildman–Crippen MR) is 70.2 cm³/mol. The third-order valence-electron chi connectivity index (χ3n) is 3.20. The normalized spacial score (nSPS) is 16.8. The zero-order valence-electron chi connectivity index (χ0n) is 9.71. The van der Waals surface area contributed by atoms with Crippen LogP contribution in [-0.4, -0.2) is 11.9 Å². The van der Waals surface area contributed by atoms with Gasteiger partial charge in [-0.05, 0) is 31.0 Å². The first-order valence-electron chi connectivity index (χ1n) is 6.02. The molecule has 4 heteroatoms. The lowest BCUT2D eigenvalue weighted by Gasteiger charge is -2.22. The van der Waals surface area contributed by atoms with Crippen molar-refractivity contribution in [2.45, 2.75) is 38.1 Å². The number of hydrogen-bond acceptors (Lipinski definition) is 2. The van der Waals surface area contributed by atoms with Gasteiger partial charge in [-0.3, -0.25) is 4.79 Å². The Bertz CT molecular complexity index is 414. The minimum absolute atomic E-state index is 0.0567. The van der Waals surface area contributed by atoms with E-state index in [1.54, 1.807) is 18.2 Å². The lowest BCUT2D eigenvalue weighted by molar-refractivity contribution is 0.0928. The Morgan fingerprint density at radius 1 is 1.29 bits per heavy atom. The summed E-state index contributed by atoms with van der Waals surface area (Å²) in [5.41, 5.74) is 6.69. The molecule has 0 unspecified atom stereocenters. The van der Waals surface area contributed by atoms with Gasteiger partial charge in [-0.25, -0.2) is 0 Å². The molecule has 0 saturated heterocycles. The van der Waals surface area contributed by atoms with Gasteiger partial charge in [-0.1, -0.05) is 30.9 Å². The van der Waals surface area contributed by atoms with Crippen LogP contribution < -0.4 is 11.1 Å². The summed E-state index contributed by atoms with van der Waals surface area (Å²) in [5.74, 6) is -0.0567. The first-order valence-corrected chi connectivity index (χ1v) is 6.40. The van der Waals surface area contributed by atoms with Crippen molar-refractivity contribution in [1.82, 2.24) is 5.32 Å². The van der Waals surface area contributed by atoms with Crippen molar-refractivity contribution in [3.63, 3.8) is 0 Å². The number of anilines is 1. The molecule has 0 atom stereocenters. The van der Waals surface area contributed by atoms with Crippen LogP contribution in [0.2, 0.25) is 5.02 Å². The predicted octanol–water partition coefficient (Wildman–Crippen LogP) is 2.98. The first kappa shape index (κ1) is 12.2. The molecule has 92 valence electrons. The number of hydrogen-bond donors (Lipinski definition) is 2. The molecule has 0 radical (unpaired) electrons. The molecule has 1 aromatic rings. The Kier molecular flexibility index (Phi) is 3.89. The molecule has 2 rings (SSSR count). The fraction of sp³-hybridized carbons (Fsp3) is 0.462. The van der Waals surface area contributed by atoms with Crippen LogP contribution >= 0.6 is 11.6 Å². The van der Waals surface area contributed by atoms with Crippen LogP contribution in [0.15, 0.2) is 18.2 Å². The van der Waals surface area contributed by atoms with Crippen LogP contribution in [-0.2, 0) is 0 Å². The molecule has 1 aliphatic carbocycles. The highest BCUT2D eigenvalue weighted by Crippen LogP contribution is 2.21. The van der Waals surface area contributed by atoms with Crippen molar-refractivity contribution in [3.05, 3.63) is 28.8 Å². The van der Waals surface area contributed by atoms with E-state index in [0.717, 1.165) is 12.8 Å². The highest BCUT2D eigenvalue weighted by molar-refractivity contribution is 6.33. The zero-order valence-corrected chi connectivity index (χ0v) is 10.5. The van der Waals surface area contributed by atoms with Gasteiger partial charge in [0, 0.05) is 11.6 Å². The first-order chi connectivity index (χ1) is 8.16. The SMILES string of the molecule is Nc1ccc(C(=O)NC2CCCCC2)cc1Cl. The molecule has 3 nitrogen and oxygen atoms in total. The van der Waals surface area contributed by atoms with Gasteiger partial charge in [-0.2, -0.15) is 0 Å². The van der Waals surface area contributed by atoms with E-state index in [9.17, 15) is 4.79 Å². The number of benzene rings is 1. The third-order valence-corrected chi connectivity index (χ3v) is 3.53. The van der Waals surface area contributed by atoms with E-state index >= 15 is 0 Å². The van der Waals surface area contributed by atoms with Crippen molar-refractivity contribution in [2.24, 2.45) is 0 Å². The molecule has 1 saturated carbocycles. The van der Waals surface area contributed by atoms with E-state index in [1.807, 2.05) is 0 Å². The number of nitrogens with two attached hydrogens (primary N) is 1. The molecule has 1 aliphatic rings. The monoisotopic (exact) mass is 252 g/mol. The summed E-state index contributed by atoms with van der Waals surface area (Å²) in [4.78, 5) is 12.0. The summed E-state index contributed by atoms with van der Waals surface area (Å²) >= 11 is 5.90. The molecule has 0 bridgehead atoms. The fourth-order valence-corrected chi connectivity index (χ4v) is 2.36. The number of carbonyl (C=O) groups excluding carboxylic acids is 1. The molecule has 0 heterocycles. The van der Waals surface area contributed by atoms with Gasteiger partial charge in [0.25, 0.3) is 5.91 Å². The average Bonchev–Trinajstić information content (AvgIpc) is 2.34. The molecule has 1 aromatic carbocycles. The third kappa shape index (κ3) is 3.13. The summed E-state index contributed by atoms with van der Waals surface area (Å²) in [6.07, 6.45) is 5.84. The molecule has 1 fully saturated rings. The summed E-state index contributed by atoms with van der Waals surface area (Å²) in [7, 11) is 0. The van der Waals surface area contributed by atoms with E-state index < -0.39 is 0 Å². The van der Waals surface area contributed by atoms with Crippen LogP contribution in [0, 0.1) is 0 Å². The van der Waals surface area contributed by atoms with Crippen molar-refractivity contribution in [1.29, 1.82) is 0 Å².